The van der Waals surface area contributed by atoms with Crippen LogP contribution in [0, 0.1) is 0 Å². The molecule has 0 aliphatic carbocycles. The Morgan fingerprint density at radius 3 is 2.58 bits per heavy atom. The van der Waals surface area contributed by atoms with Crippen LogP contribution in [0.15, 0.2) is 35.9 Å². The monoisotopic (exact) mass is 422 g/mol. The maximum atomic E-state index is 13.1. The van der Waals surface area contributed by atoms with Gasteiger partial charge in [-0.05, 0) is 64.0 Å². The lowest BCUT2D eigenvalue weighted by molar-refractivity contribution is 0.0840. The van der Waals surface area contributed by atoms with Gasteiger partial charge in [-0.3, -0.25) is 4.79 Å². The number of phenols is 3. The number of benzene rings is 2. The van der Waals surface area contributed by atoms with E-state index in [2.05, 4.69) is 0 Å². The standard InChI is InChI=1S/C25H26O6/c1-13(2)5-7-15-22(29)21-19(28)12-20(14-6-8-17(26)18(27)11-14)30-24(21)16-9-10-25(3,4)31-23(15)16/h5-6,8-11,20,26-27,29H,7,12H2,1-4H3. The van der Waals surface area contributed by atoms with Crippen LogP contribution in [0.5, 0.6) is 28.7 Å². The number of carbonyl (C=O) groups excluding carboxylic acids is 1. The highest BCUT2D eigenvalue weighted by Crippen LogP contribution is 2.51. The molecule has 2 heterocycles. The van der Waals surface area contributed by atoms with Gasteiger partial charge in [0.05, 0.1) is 12.0 Å². The second kappa shape index (κ2) is 7.38. The first-order valence-electron chi connectivity index (χ1n) is 10.2. The maximum absolute atomic E-state index is 13.1. The van der Waals surface area contributed by atoms with Gasteiger partial charge in [0.25, 0.3) is 0 Å². The number of hydrogen-bond acceptors (Lipinski definition) is 6. The minimum Gasteiger partial charge on any atom is -0.507 e. The van der Waals surface area contributed by atoms with Gasteiger partial charge < -0.3 is 24.8 Å². The molecule has 162 valence electrons. The van der Waals surface area contributed by atoms with Gasteiger partial charge in [-0.1, -0.05) is 17.7 Å². The van der Waals surface area contributed by atoms with Crippen molar-refractivity contribution in [3.05, 3.63) is 58.2 Å². The molecule has 0 saturated carbocycles. The Morgan fingerprint density at radius 2 is 1.90 bits per heavy atom. The van der Waals surface area contributed by atoms with E-state index in [0.29, 0.717) is 28.9 Å². The van der Waals surface area contributed by atoms with E-state index >= 15 is 0 Å². The molecule has 0 aromatic heterocycles. The molecule has 2 aromatic carbocycles. The zero-order chi connectivity index (χ0) is 22.5. The number of carbonyl (C=O) groups is 1. The highest BCUT2D eigenvalue weighted by atomic mass is 16.5. The third kappa shape index (κ3) is 3.74. The summed E-state index contributed by atoms with van der Waals surface area (Å²) in [7, 11) is 0. The molecule has 0 radical (unpaired) electrons. The molecule has 1 atom stereocenters. The van der Waals surface area contributed by atoms with E-state index in [9.17, 15) is 20.1 Å². The average molecular weight is 422 g/mol. The fourth-order valence-corrected chi connectivity index (χ4v) is 3.87. The third-order valence-electron chi connectivity index (χ3n) is 5.52. The normalized spacial score (nSPS) is 18.5. The Labute approximate surface area is 181 Å². The molecule has 31 heavy (non-hydrogen) atoms. The van der Waals surface area contributed by atoms with Crippen LogP contribution in [0.2, 0.25) is 0 Å². The third-order valence-corrected chi connectivity index (χ3v) is 5.52. The summed E-state index contributed by atoms with van der Waals surface area (Å²) >= 11 is 0. The zero-order valence-electron chi connectivity index (χ0n) is 18.0. The summed E-state index contributed by atoms with van der Waals surface area (Å²) in [5.74, 6) is -0.127. The minimum atomic E-state index is -0.665. The van der Waals surface area contributed by atoms with Crippen LogP contribution in [-0.2, 0) is 6.42 Å². The van der Waals surface area contributed by atoms with E-state index in [1.54, 1.807) is 6.07 Å². The van der Waals surface area contributed by atoms with Gasteiger partial charge in [-0.2, -0.15) is 0 Å². The lowest BCUT2D eigenvalue weighted by Gasteiger charge is -2.34. The van der Waals surface area contributed by atoms with E-state index < -0.39 is 11.7 Å². The predicted octanol–water partition coefficient (Wildman–Crippen LogP) is 5.20. The van der Waals surface area contributed by atoms with E-state index in [-0.39, 0.29) is 40.8 Å². The summed E-state index contributed by atoms with van der Waals surface area (Å²) in [6, 6.07) is 4.33. The quantitative estimate of drug-likeness (QED) is 0.465. The maximum Gasteiger partial charge on any atom is 0.174 e. The lowest BCUT2D eigenvalue weighted by atomic mass is 9.88. The number of hydrogen-bond donors (Lipinski definition) is 3. The highest BCUT2D eigenvalue weighted by molar-refractivity contribution is 6.05. The number of aromatic hydroxyl groups is 3. The van der Waals surface area contributed by atoms with Crippen LogP contribution in [0.1, 0.15) is 67.3 Å². The molecule has 1 unspecified atom stereocenters. The van der Waals surface area contributed by atoms with Crippen molar-refractivity contribution in [1.29, 1.82) is 0 Å². The summed E-state index contributed by atoms with van der Waals surface area (Å²) in [4.78, 5) is 13.1. The Morgan fingerprint density at radius 1 is 1.16 bits per heavy atom. The molecule has 0 saturated heterocycles. The highest BCUT2D eigenvalue weighted by Gasteiger charge is 2.38. The van der Waals surface area contributed by atoms with Crippen molar-refractivity contribution in [1.82, 2.24) is 0 Å². The van der Waals surface area contributed by atoms with Crippen molar-refractivity contribution in [2.75, 3.05) is 0 Å². The molecule has 2 aliphatic heterocycles. The molecule has 2 aromatic rings. The van der Waals surface area contributed by atoms with E-state index in [1.165, 1.54) is 12.1 Å². The van der Waals surface area contributed by atoms with Crippen molar-refractivity contribution in [2.45, 2.75) is 52.2 Å². The second-order valence-corrected chi connectivity index (χ2v) is 8.78. The van der Waals surface area contributed by atoms with Crippen LogP contribution in [0.3, 0.4) is 0 Å². The Kier molecular flexibility index (Phi) is 4.96. The van der Waals surface area contributed by atoms with Crippen molar-refractivity contribution in [3.63, 3.8) is 0 Å². The number of ether oxygens (including phenoxy) is 2. The summed E-state index contributed by atoms with van der Waals surface area (Å²) in [6.45, 7) is 7.78. The molecule has 0 amide bonds. The first kappa shape index (κ1) is 20.8. The molecule has 3 N–H and O–H groups in total. The average Bonchev–Trinajstić information content (AvgIpc) is 2.68. The second-order valence-electron chi connectivity index (χ2n) is 8.78. The molecular formula is C25H26O6. The van der Waals surface area contributed by atoms with Gasteiger partial charge in [0.15, 0.2) is 17.3 Å². The van der Waals surface area contributed by atoms with Crippen LogP contribution in [-0.4, -0.2) is 26.7 Å². The minimum absolute atomic E-state index is 0.00170. The van der Waals surface area contributed by atoms with Gasteiger partial charge in [0.1, 0.15) is 34.5 Å². The number of allylic oxidation sites excluding steroid dienone is 2. The summed E-state index contributed by atoms with van der Waals surface area (Å²) in [5.41, 5.74) is 2.40. The molecule has 0 fully saturated rings. The molecule has 6 heteroatoms. The molecule has 0 spiro atoms. The Hall–Kier alpha value is -3.41. The van der Waals surface area contributed by atoms with E-state index in [1.807, 2.05) is 45.9 Å². The molecule has 4 rings (SSSR count). The number of fused-ring (bicyclic) bond motifs is 3. The predicted molar refractivity (Wildman–Crippen MR) is 117 cm³/mol. The zero-order valence-corrected chi connectivity index (χ0v) is 18.0. The molecular weight excluding hydrogens is 396 g/mol. The fourth-order valence-electron chi connectivity index (χ4n) is 3.87. The van der Waals surface area contributed by atoms with Crippen molar-refractivity contribution < 1.29 is 29.6 Å². The smallest absolute Gasteiger partial charge is 0.174 e. The number of ketones is 1. The number of phenolic OH excluding ortho intramolecular Hbond substituents is 3. The van der Waals surface area contributed by atoms with Gasteiger partial charge in [0, 0.05) is 5.56 Å². The van der Waals surface area contributed by atoms with Crippen molar-refractivity contribution >= 4 is 11.9 Å². The first-order valence-corrected chi connectivity index (χ1v) is 10.2. The number of Topliss-reactive ketones (excluding diaryl/α,β-unsaturated/α-hetero) is 1. The summed E-state index contributed by atoms with van der Waals surface area (Å²) in [6.07, 6.45) is 5.50. The van der Waals surface area contributed by atoms with Crippen LogP contribution in [0.4, 0.5) is 0 Å². The van der Waals surface area contributed by atoms with Crippen molar-refractivity contribution in [3.8, 4) is 28.7 Å². The van der Waals surface area contributed by atoms with Gasteiger partial charge >= 0.3 is 0 Å². The van der Waals surface area contributed by atoms with Crippen molar-refractivity contribution in [2.24, 2.45) is 0 Å². The Bertz CT molecular complexity index is 1140. The van der Waals surface area contributed by atoms with Crippen LogP contribution < -0.4 is 9.47 Å². The summed E-state index contributed by atoms with van der Waals surface area (Å²) in [5, 5.41) is 30.5. The van der Waals surface area contributed by atoms with Gasteiger partial charge in [-0.25, -0.2) is 0 Å². The molecule has 0 bridgehead atoms. The largest absolute Gasteiger partial charge is 0.507 e. The fraction of sp³-hybridized carbons (Fsp3) is 0.320. The van der Waals surface area contributed by atoms with Crippen LogP contribution in [0.25, 0.3) is 6.08 Å². The van der Waals surface area contributed by atoms with Gasteiger partial charge in [-0.15, -0.1) is 0 Å². The topological polar surface area (TPSA) is 96.2 Å². The van der Waals surface area contributed by atoms with E-state index in [0.717, 1.165) is 5.57 Å². The SMILES string of the molecule is CC(C)=CCc1c(O)c2c(c3c1OC(C)(C)C=C3)OC(c1ccc(O)c(O)c1)CC2=O. The first-order chi connectivity index (χ1) is 14.6. The number of rotatable bonds is 3. The van der Waals surface area contributed by atoms with E-state index in [4.69, 9.17) is 9.47 Å². The summed E-state index contributed by atoms with van der Waals surface area (Å²) < 4.78 is 12.4. The van der Waals surface area contributed by atoms with Gasteiger partial charge in [0.2, 0.25) is 0 Å². The molecule has 6 nitrogen and oxygen atoms in total. The Balaban J connectivity index is 1.87. The lowest BCUT2D eigenvalue weighted by Crippen LogP contribution is -2.30. The van der Waals surface area contributed by atoms with Crippen LogP contribution >= 0.6 is 0 Å². The molecule has 2 aliphatic rings.